The Labute approximate surface area is 131 Å². The van der Waals surface area contributed by atoms with Crippen molar-refractivity contribution in [1.29, 1.82) is 0 Å². The van der Waals surface area contributed by atoms with E-state index in [-0.39, 0.29) is 5.91 Å². The van der Waals surface area contributed by atoms with Gasteiger partial charge in [0.05, 0.1) is 5.56 Å². The molecular weight excluding hydrogens is 282 g/mol. The minimum atomic E-state index is 0.206. The molecule has 3 heterocycles. The first-order chi connectivity index (χ1) is 10.3. The number of carbonyl (C=O) groups is 1. The standard InChI is InChI=1S/C16H25N3OS/c20-16(15-4-10-21-13-15)19-7-2-6-18(8-9-19)12-14-3-1-5-17-11-14/h4,10,13-14,17H,1-3,5-9,11-12H2. The quantitative estimate of drug-likeness (QED) is 0.926. The highest BCUT2D eigenvalue weighted by Crippen LogP contribution is 2.15. The number of piperidine rings is 1. The third-order valence-electron chi connectivity index (χ3n) is 4.56. The molecule has 2 fully saturated rings. The lowest BCUT2D eigenvalue weighted by atomic mass is 9.99. The van der Waals surface area contributed by atoms with Crippen molar-refractivity contribution in [1.82, 2.24) is 15.1 Å². The van der Waals surface area contributed by atoms with Gasteiger partial charge in [-0.2, -0.15) is 11.3 Å². The van der Waals surface area contributed by atoms with Crippen LogP contribution >= 0.6 is 11.3 Å². The van der Waals surface area contributed by atoms with Crippen molar-refractivity contribution in [3.63, 3.8) is 0 Å². The number of nitrogens with one attached hydrogen (secondary N) is 1. The molecule has 21 heavy (non-hydrogen) atoms. The van der Waals surface area contributed by atoms with E-state index < -0.39 is 0 Å². The molecule has 1 atom stereocenters. The second-order valence-corrected chi connectivity index (χ2v) is 6.95. The summed E-state index contributed by atoms with van der Waals surface area (Å²) in [6, 6.07) is 1.93. The average molecular weight is 307 g/mol. The molecule has 0 aromatic carbocycles. The van der Waals surface area contributed by atoms with Crippen LogP contribution in [0.5, 0.6) is 0 Å². The minimum absolute atomic E-state index is 0.206. The van der Waals surface area contributed by atoms with Crippen LogP contribution in [-0.2, 0) is 0 Å². The van der Waals surface area contributed by atoms with E-state index in [0.29, 0.717) is 0 Å². The lowest BCUT2D eigenvalue weighted by Gasteiger charge is -2.29. The first kappa shape index (κ1) is 15.0. The highest BCUT2D eigenvalue weighted by Gasteiger charge is 2.22. The lowest BCUT2D eigenvalue weighted by Crippen LogP contribution is -2.40. The van der Waals surface area contributed by atoms with E-state index in [1.165, 1.54) is 25.9 Å². The highest BCUT2D eigenvalue weighted by molar-refractivity contribution is 7.08. The number of amides is 1. The molecule has 0 radical (unpaired) electrons. The molecule has 1 aromatic heterocycles. The van der Waals surface area contributed by atoms with E-state index >= 15 is 0 Å². The number of hydrogen-bond acceptors (Lipinski definition) is 4. The van der Waals surface area contributed by atoms with Crippen LogP contribution in [0.25, 0.3) is 0 Å². The monoisotopic (exact) mass is 307 g/mol. The molecule has 1 N–H and O–H groups in total. The van der Waals surface area contributed by atoms with E-state index in [0.717, 1.165) is 50.6 Å². The maximum absolute atomic E-state index is 12.4. The molecule has 2 aliphatic rings. The van der Waals surface area contributed by atoms with Crippen molar-refractivity contribution >= 4 is 17.2 Å². The van der Waals surface area contributed by atoms with Gasteiger partial charge in [0.15, 0.2) is 0 Å². The van der Waals surface area contributed by atoms with Crippen molar-refractivity contribution in [3.8, 4) is 0 Å². The number of thiophene rings is 1. The Bertz CT molecular complexity index is 442. The van der Waals surface area contributed by atoms with Crippen LogP contribution < -0.4 is 5.32 Å². The molecule has 0 spiro atoms. The van der Waals surface area contributed by atoms with Crippen molar-refractivity contribution in [2.45, 2.75) is 19.3 Å². The smallest absolute Gasteiger partial charge is 0.254 e. The lowest BCUT2D eigenvalue weighted by molar-refractivity contribution is 0.0760. The van der Waals surface area contributed by atoms with E-state index in [9.17, 15) is 4.79 Å². The van der Waals surface area contributed by atoms with Gasteiger partial charge in [0, 0.05) is 31.6 Å². The molecule has 116 valence electrons. The summed E-state index contributed by atoms with van der Waals surface area (Å²) in [5.41, 5.74) is 0.852. The topological polar surface area (TPSA) is 35.6 Å². The van der Waals surface area contributed by atoms with Crippen LogP contribution in [-0.4, -0.2) is 61.5 Å². The van der Waals surface area contributed by atoms with Crippen LogP contribution in [0.15, 0.2) is 16.8 Å². The normalized spacial score (nSPS) is 24.8. The summed E-state index contributed by atoms with van der Waals surface area (Å²) in [4.78, 5) is 17.0. The Kier molecular flexibility index (Phi) is 5.27. The van der Waals surface area contributed by atoms with Crippen molar-refractivity contribution < 1.29 is 4.79 Å². The summed E-state index contributed by atoms with van der Waals surface area (Å²) in [7, 11) is 0. The van der Waals surface area contributed by atoms with Crippen LogP contribution in [0.2, 0.25) is 0 Å². The van der Waals surface area contributed by atoms with Gasteiger partial charge >= 0.3 is 0 Å². The Balaban J connectivity index is 1.50. The van der Waals surface area contributed by atoms with Gasteiger partial charge < -0.3 is 15.1 Å². The van der Waals surface area contributed by atoms with Crippen LogP contribution in [0.4, 0.5) is 0 Å². The predicted molar refractivity (Wildman–Crippen MR) is 86.9 cm³/mol. The maximum atomic E-state index is 12.4. The largest absolute Gasteiger partial charge is 0.337 e. The summed E-state index contributed by atoms with van der Waals surface area (Å²) < 4.78 is 0. The Hall–Kier alpha value is -0.910. The van der Waals surface area contributed by atoms with Gasteiger partial charge in [-0.25, -0.2) is 0 Å². The molecule has 0 bridgehead atoms. The van der Waals surface area contributed by atoms with E-state index in [4.69, 9.17) is 0 Å². The van der Waals surface area contributed by atoms with Gasteiger partial charge in [-0.3, -0.25) is 4.79 Å². The summed E-state index contributed by atoms with van der Waals surface area (Å²) >= 11 is 1.60. The Morgan fingerprint density at radius 1 is 1.29 bits per heavy atom. The zero-order chi connectivity index (χ0) is 14.5. The van der Waals surface area contributed by atoms with Gasteiger partial charge in [0.1, 0.15) is 0 Å². The molecule has 4 nitrogen and oxygen atoms in total. The first-order valence-electron chi connectivity index (χ1n) is 8.07. The van der Waals surface area contributed by atoms with Crippen LogP contribution in [0.3, 0.4) is 0 Å². The zero-order valence-electron chi connectivity index (χ0n) is 12.6. The van der Waals surface area contributed by atoms with Crippen molar-refractivity contribution in [3.05, 3.63) is 22.4 Å². The molecule has 1 unspecified atom stereocenters. The Morgan fingerprint density at radius 3 is 3.00 bits per heavy atom. The fourth-order valence-corrected chi connectivity index (χ4v) is 4.00. The molecule has 2 saturated heterocycles. The number of hydrogen-bond donors (Lipinski definition) is 1. The molecule has 1 aromatic rings. The summed E-state index contributed by atoms with van der Waals surface area (Å²) in [5.74, 6) is 0.996. The van der Waals surface area contributed by atoms with Crippen LogP contribution in [0, 0.1) is 5.92 Å². The van der Waals surface area contributed by atoms with Crippen LogP contribution in [0.1, 0.15) is 29.6 Å². The van der Waals surface area contributed by atoms with E-state index in [1.54, 1.807) is 11.3 Å². The van der Waals surface area contributed by atoms with Crippen molar-refractivity contribution in [2.75, 3.05) is 45.8 Å². The van der Waals surface area contributed by atoms with E-state index in [2.05, 4.69) is 10.2 Å². The van der Waals surface area contributed by atoms with Gasteiger partial charge in [0.25, 0.3) is 5.91 Å². The molecular formula is C16H25N3OS. The third-order valence-corrected chi connectivity index (χ3v) is 5.24. The number of carbonyl (C=O) groups excluding carboxylic acids is 1. The molecule has 0 aliphatic carbocycles. The minimum Gasteiger partial charge on any atom is -0.337 e. The summed E-state index contributed by atoms with van der Waals surface area (Å²) in [6.07, 6.45) is 3.75. The zero-order valence-corrected chi connectivity index (χ0v) is 13.4. The van der Waals surface area contributed by atoms with E-state index in [1.807, 2.05) is 21.7 Å². The number of nitrogens with zero attached hydrogens (tertiary/aromatic N) is 2. The molecule has 0 saturated carbocycles. The second-order valence-electron chi connectivity index (χ2n) is 6.17. The van der Waals surface area contributed by atoms with Gasteiger partial charge in [0.2, 0.25) is 0 Å². The average Bonchev–Trinajstić information content (AvgIpc) is 2.95. The van der Waals surface area contributed by atoms with Crippen molar-refractivity contribution in [2.24, 2.45) is 5.92 Å². The predicted octanol–water partition coefficient (Wildman–Crippen LogP) is 1.90. The molecule has 1 amide bonds. The number of rotatable bonds is 3. The summed E-state index contributed by atoms with van der Waals surface area (Å²) in [5, 5.41) is 7.43. The van der Waals surface area contributed by atoms with Gasteiger partial charge in [-0.15, -0.1) is 0 Å². The molecule has 3 rings (SSSR count). The highest BCUT2D eigenvalue weighted by atomic mass is 32.1. The second kappa shape index (κ2) is 7.38. The first-order valence-corrected chi connectivity index (χ1v) is 9.02. The maximum Gasteiger partial charge on any atom is 0.254 e. The fourth-order valence-electron chi connectivity index (χ4n) is 3.37. The SMILES string of the molecule is O=C(c1ccsc1)N1CCCN(CC2CCCNC2)CC1. The van der Waals surface area contributed by atoms with Gasteiger partial charge in [-0.1, -0.05) is 0 Å². The fraction of sp³-hybridized carbons (Fsp3) is 0.688. The van der Waals surface area contributed by atoms with Gasteiger partial charge in [-0.05, 0) is 56.3 Å². The molecule has 2 aliphatic heterocycles. The summed E-state index contributed by atoms with van der Waals surface area (Å²) in [6.45, 7) is 7.44. The third kappa shape index (κ3) is 4.05. The molecule has 5 heteroatoms. The Morgan fingerprint density at radius 2 is 2.24 bits per heavy atom.